The quantitative estimate of drug-likeness (QED) is 0.621. The van der Waals surface area contributed by atoms with Crippen LogP contribution >= 0.6 is 32.5 Å². The Balaban J connectivity index is 1.74. The number of furan rings is 1. The molecule has 1 aliphatic rings. The number of rotatable bonds is 3. The Morgan fingerprint density at radius 3 is 3.33 bits per heavy atom. The molecule has 1 atom stereocenters. The van der Waals surface area contributed by atoms with Gasteiger partial charge in [0.05, 0.1) is 12.0 Å². The summed E-state index contributed by atoms with van der Waals surface area (Å²) in [6.07, 6.45) is 1.76. The molecule has 0 saturated carbocycles. The van der Waals surface area contributed by atoms with E-state index in [9.17, 15) is 0 Å². The molecule has 0 N–H and O–H groups in total. The highest BCUT2D eigenvalue weighted by Crippen LogP contribution is 2.49. The Hall–Kier alpha value is 0.330. The maximum atomic E-state index is 5.28. The second kappa shape index (κ2) is 4.53. The second-order valence-corrected chi connectivity index (χ2v) is 8.73. The lowest BCUT2D eigenvalue weighted by molar-refractivity contribution is 0.530. The number of hydrogen-bond acceptors (Lipinski definition) is 3. The van der Waals surface area contributed by atoms with Gasteiger partial charge in [-0.25, -0.2) is 0 Å². The largest absolute Gasteiger partial charge is 0.468 e. The first-order valence-electron chi connectivity index (χ1n) is 3.93. The van der Waals surface area contributed by atoms with Crippen LogP contribution in [0.15, 0.2) is 22.8 Å². The first-order chi connectivity index (χ1) is 5.95. The average molecular weight is 220 g/mol. The van der Waals surface area contributed by atoms with E-state index < -0.39 is 0 Å². The van der Waals surface area contributed by atoms with Crippen LogP contribution in [0.5, 0.6) is 0 Å². The Kier molecular flexibility index (Phi) is 3.37. The smallest absolute Gasteiger partial charge is 0.114 e. The van der Waals surface area contributed by atoms with E-state index in [4.69, 9.17) is 4.42 Å². The number of thioether (sulfide) groups is 1. The fourth-order valence-electron chi connectivity index (χ4n) is 1.05. The average Bonchev–Trinajstić information content (AvgIpc) is 2.74. The van der Waals surface area contributed by atoms with E-state index in [0.717, 1.165) is 11.5 Å². The van der Waals surface area contributed by atoms with Gasteiger partial charge in [-0.1, -0.05) is 0 Å². The molecule has 1 nitrogen and oxygen atoms in total. The molecule has 0 bridgehead atoms. The predicted molar refractivity (Wildman–Crippen MR) is 61.2 cm³/mol. The Morgan fingerprint density at radius 1 is 1.67 bits per heavy atom. The molecule has 1 aromatic heterocycles. The Bertz CT molecular complexity index is 216. The van der Waals surface area contributed by atoms with Gasteiger partial charge in [-0.3, -0.25) is 0 Å². The highest BCUT2D eigenvalue weighted by Gasteiger charge is 2.12. The van der Waals surface area contributed by atoms with Crippen LogP contribution in [0.25, 0.3) is 0 Å². The van der Waals surface area contributed by atoms with Crippen LogP contribution in [0.2, 0.25) is 0 Å². The molecule has 0 spiro atoms. The number of thiol groups is 1. The summed E-state index contributed by atoms with van der Waals surface area (Å²) in [5, 5.41) is 1.39. The summed E-state index contributed by atoms with van der Waals surface area (Å²) in [6, 6.07) is 4.03. The minimum absolute atomic E-state index is 0.270. The van der Waals surface area contributed by atoms with E-state index in [1.807, 2.05) is 6.07 Å². The summed E-state index contributed by atoms with van der Waals surface area (Å²) in [7, 11) is 2.36. The van der Waals surface area contributed by atoms with Crippen LogP contribution in [-0.2, 0) is 5.75 Å². The standard InChI is InChI=1S/C8H12OS3/c1-2-8(9-3-1)6-11-12-5-4-10-7-12/h1-3,12H,4-7H2. The summed E-state index contributed by atoms with van der Waals surface area (Å²) < 4.78 is 5.28. The van der Waals surface area contributed by atoms with E-state index in [1.54, 1.807) is 6.26 Å². The van der Waals surface area contributed by atoms with Crippen molar-refractivity contribution in [1.82, 2.24) is 0 Å². The molecule has 1 saturated heterocycles. The van der Waals surface area contributed by atoms with Gasteiger partial charge in [0.2, 0.25) is 0 Å². The summed E-state index contributed by atoms with van der Waals surface area (Å²) in [6.45, 7) is 0. The lowest BCUT2D eigenvalue weighted by Crippen LogP contribution is -1.79. The molecule has 2 rings (SSSR count). The van der Waals surface area contributed by atoms with Gasteiger partial charge in [-0.2, -0.15) is 21.7 Å². The molecular weight excluding hydrogens is 208 g/mol. The maximum Gasteiger partial charge on any atom is 0.114 e. The van der Waals surface area contributed by atoms with Crippen LogP contribution in [0.4, 0.5) is 0 Å². The van der Waals surface area contributed by atoms with Gasteiger partial charge >= 0.3 is 0 Å². The van der Waals surface area contributed by atoms with Crippen molar-refractivity contribution in [3.63, 3.8) is 0 Å². The molecule has 12 heavy (non-hydrogen) atoms. The molecule has 1 aromatic rings. The normalized spacial score (nSPS) is 26.2. The van der Waals surface area contributed by atoms with Crippen LogP contribution < -0.4 is 0 Å². The molecular formula is C8H12OS3. The highest BCUT2D eigenvalue weighted by atomic mass is 33.1. The van der Waals surface area contributed by atoms with E-state index in [0.29, 0.717) is 0 Å². The van der Waals surface area contributed by atoms with Crippen molar-refractivity contribution < 1.29 is 4.42 Å². The SMILES string of the molecule is c1coc(CS[SH]2CCSC2)c1. The van der Waals surface area contributed by atoms with Crippen molar-refractivity contribution in [2.45, 2.75) is 5.75 Å². The third kappa shape index (κ3) is 2.41. The first-order valence-corrected chi connectivity index (χ1v) is 8.39. The molecule has 0 radical (unpaired) electrons. The third-order valence-electron chi connectivity index (χ3n) is 1.69. The van der Waals surface area contributed by atoms with Gasteiger partial charge in [0.1, 0.15) is 5.76 Å². The van der Waals surface area contributed by atoms with Crippen molar-refractivity contribution in [1.29, 1.82) is 0 Å². The van der Waals surface area contributed by atoms with Gasteiger partial charge in [-0.15, -0.1) is 10.8 Å². The van der Waals surface area contributed by atoms with Crippen molar-refractivity contribution >= 4 is 32.5 Å². The van der Waals surface area contributed by atoms with Crippen LogP contribution in [0.3, 0.4) is 0 Å². The fraction of sp³-hybridized carbons (Fsp3) is 0.500. The topological polar surface area (TPSA) is 13.1 Å². The van der Waals surface area contributed by atoms with Crippen molar-refractivity contribution in [2.75, 3.05) is 16.6 Å². The molecule has 2 heterocycles. The zero-order valence-electron chi connectivity index (χ0n) is 6.73. The second-order valence-electron chi connectivity index (χ2n) is 2.60. The first kappa shape index (κ1) is 8.91. The van der Waals surface area contributed by atoms with Gasteiger partial charge in [0, 0.05) is 10.8 Å². The van der Waals surface area contributed by atoms with Gasteiger partial charge < -0.3 is 4.42 Å². The van der Waals surface area contributed by atoms with E-state index in [-0.39, 0.29) is 9.93 Å². The van der Waals surface area contributed by atoms with Gasteiger partial charge in [-0.05, 0) is 17.9 Å². The predicted octanol–water partition coefficient (Wildman–Crippen LogP) is 3.13. The Morgan fingerprint density at radius 2 is 2.67 bits per heavy atom. The van der Waals surface area contributed by atoms with Gasteiger partial charge in [0.25, 0.3) is 0 Å². The van der Waals surface area contributed by atoms with Crippen LogP contribution in [-0.4, -0.2) is 16.6 Å². The lowest BCUT2D eigenvalue weighted by Gasteiger charge is -2.10. The molecule has 4 heteroatoms. The van der Waals surface area contributed by atoms with E-state index in [1.165, 1.54) is 16.6 Å². The highest BCUT2D eigenvalue weighted by molar-refractivity contribution is 8.86. The van der Waals surface area contributed by atoms with Crippen molar-refractivity contribution in [2.24, 2.45) is 0 Å². The molecule has 1 unspecified atom stereocenters. The minimum atomic E-state index is 0.270. The zero-order valence-corrected chi connectivity index (χ0v) is 9.26. The van der Waals surface area contributed by atoms with Crippen LogP contribution in [0.1, 0.15) is 5.76 Å². The maximum absolute atomic E-state index is 5.28. The molecule has 68 valence electrons. The van der Waals surface area contributed by atoms with Crippen LogP contribution in [0, 0.1) is 0 Å². The monoisotopic (exact) mass is 220 g/mol. The number of hydrogen-bond donors (Lipinski definition) is 1. The molecule has 1 fully saturated rings. The minimum Gasteiger partial charge on any atom is -0.468 e. The fourth-order valence-corrected chi connectivity index (χ4v) is 8.46. The van der Waals surface area contributed by atoms with E-state index >= 15 is 0 Å². The molecule has 1 aliphatic heterocycles. The summed E-state index contributed by atoms with van der Waals surface area (Å²) in [5.41, 5.74) is 0. The van der Waals surface area contributed by atoms with Gasteiger partial charge in [0.15, 0.2) is 0 Å². The van der Waals surface area contributed by atoms with Crippen molar-refractivity contribution in [3.05, 3.63) is 24.2 Å². The third-order valence-corrected chi connectivity index (χ3v) is 8.85. The summed E-state index contributed by atoms with van der Waals surface area (Å²) in [5.74, 6) is 5.00. The summed E-state index contributed by atoms with van der Waals surface area (Å²) in [4.78, 5) is 0. The molecule has 0 amide bonds. The Labute approximate surface area is 83.4 Å². The molecule has 0 aliphatic carbocycles. The zero-order chi connectivity index (χ0) is 8.23. The lowest BCUT2D eigenvalue weighted by atomic mass is 10.5. The van der Waals surface area contributed by atoms with E-state index in [2.05, 4.69) is 28.6 Å². The summed E-state index contributed by atoms with van der Waals surface area (Å²) >= 11 is 2.10. The van der Waals surface area contributed by atoms with Crippen molar-refractivity contribution in [3.8, 4) is 0 Å². The molecule has 0 aromatic carbocycles.